The van der Waals surface area contributed by atoms with Crippen LogP contribution in [0, 0.1) is 11.3 Å². The Labute approximate surface area is 89.7 Å². The molecule has 0 radical (unpaired) electrons. The highest BCUT2D eigenvalue weighted by molar-refractivity contribution is 6.07. The first-order valence-electron chi connectivity index (χ1n) is 4.37. The Morgan fingerprint density at radius 2 is 2.38 bits per heavy atom. The van der Waals surface area contributed by atoms with Gasteiger partial charge in [-0.25, -0.2) is 0 Å². The summed E-state index contributed by atoms with van der Waals surface area (Å²) in [6, 6.07) is 6.89. The Hall–Kier alpha value is -2.77. The minimum absolute atomic E-state index is 0.268. The Morgan fingerprint density at radius 3 is 3.06 bits per heavy atom. The lowest BCUT2D eigenvalue weighted by Gasteiger charge is -1.93. The van der Waals surface area contributed by atoms with Gasteiger partial charge in [-0.05, 0) is 28.8 Å². The molecule has 0 bridgehead atoms. The number of H-pyrrole nitrogens is 1. The van der Waals surface area contributed by atoms with E-state index < -0.39 is 5.91 Å². The lowest BCUT2D eigenvalue weighted by atomic mass is 10.1. The third kappa shape index (κ3) is 1.47. The Balaban J connectivity index is 2.68. The standard InChI is InChI=1S/C10H5N5O/c11-4-6-1-2-9-7(3-6)8(5-13-9)10(16)14-15-12/h1-3,5,13H. The number of azide groups is 1. The summed E-state index contributed by atoms with van der Waals surface area (Å²) in [7, 11) is 0. The molecule has 0 saturated heterocycles. The summed E-state index contributed by atoms with van der Waals surface area (Å²) in [5.41, 5.74) is 9.62. The topological polar surface area (TPSA) is 105 Å². The second-order valence-corrected chi connectivity index (χ2v) is 3.07. The molecule has 76 valence electrons. The quantitative estimate of drug-likeness (QED) is 0.444. The van der Waals surface area contributed by atoms with Gasteiger partial charge in [-0.15, -0.1) is 0 Å². The van der Waals surface area contributed by atoms with E-state index in [2.05, 4.69) is 15.0 Å². The van der Waals surface area contributed by atoms with E-state index in [1.54, 1.807) is 18.2 Å². The molecule has 0 spiro atoms. The number of carbonyl (C=O) groups is 1. The average Bonchev–Trinajstić information content (AvgIpc) is 2.71. The number of nitrogens with one attached hydrogen (secondary N) is 1. The van der Waals surface area contributed by atoms with Crippen molar-refractivity contribution in [2.24, 2.45) is 5.11 Å². The Bertz CT molecular complexity index is 657. The highest BCUT2D eigenvalue weighted by Crippen LogP contribution is 2.20. The number of nitrogens with zero attached hydrogens (tertiary/aromatic N) is 4. The molecule has 0 saturated carbocycles. The van der Waals surface area contributed by atoms with Crippen molar-refractivity contribution in [3.63, 3.8) is 0 Å². The number of hydrogen-bond acceptors (Lipinski definition) is 2. The van der Waals surface area contributed by atoms with Gasteiger partial charge in [0, 0.05) is 27.6 Å². The monoisotopic (exact) mass is 211 g/mol. The van der Waals surface area contributed by atoms with E-state index in [1.807, 2.05) is 6.07 Å². The molecule has 0 atom stereocenters. The molecule has 2 rings (SSSR count). The number of aromatic amines is 1. The maximum absolute atomic E-state index is 11.4. The second-order valence-electron chi connectivity index (χ2n) is 3.07. The molecule has 0 fully saturated rings. The summed E-state index contributed by atoms with van der Waals surface area (Å²) in [6.07, 6.45) is 1.46. The van der Waals surface area contributed by atoms with Crippen LogP contribution in [0.4, 0.5) is 0 Å². The number of nitriles is 1. The van der Waals surface area contributed by atoms with Crippen LogP contribution >= 0.6 is 0 Å². The largest absolute Gasteiger partial charge is 0.360 e. The van der Waals surface area contributed by atoms with Gasteiger partial charge in [0.05, 0.1) is 11.6 Å². The van der Waals surface area contributed by atoms with Crippen LogP contribution < -0.4 is 0 Å². The van der Waals surface area contributed by atoms with Gasteiger partial charge >= 0.3 is 0 Å². The van der Waals surface area contributed by atoms with Crippen molar-refractivity contribution in [1.29, 1.82) is 5.26 Å². The number of benzene rings is 1. The second kappa shape index (κ2) is 3.77. The molecule has 1 N–H and O–H groups in total. The molecule has 0 aliphatic heterocycles. The first-order valence-corrected chi connectivity index (χ1v) is 4.37. The van der Waals surface area contributed by atoms with E-state index in [1.165, 1.54) is 6.20 Å². The fraction of sp³-hybridized carbons (Fsp3) is 0. The number of rotatable bonds is 1. The Kier molecular flexibility index (Phi) is 2.30. The van der Waals surface area contributed by atoms with Gasteiger partial charge in [-0.2, -0.15) is 5.26 Å². The third-order valence-electron chi connectivity index (χ3n) is 2.18. The summed E-state index contributed by atoms with van der Waals surface area (Å²) in [5.74, 6) is -0.663. The summed E-state index contributed by atoms with van der Waals surface area (Å²) in [5, 5.41) is 12.3. The molecule has 16 heavy (non-hydrogen) atoms. The zero-order valence-corrected chi connectivity index (χ0v) is 8.01. The minimum atomic E-state index is -0.663. The maximum atomic E-state index is 11.4. The van der Waals surface area contributed by atoms with Crippen molar-refractivity contribution in [3.8, 4) is 6.07 Å². The fourth-order valence-corrected chi connectivity index (χ4v) is 1.46. The molecular weight excluding hydrogens is 206 g/mol. The van der Waals surface area contributed by atoms with Gasteiger partial charge < -0.3 is 4.98 Å². The molecule has 1 amide bonds. The van der Waals surface area contributed by atoms with E-state index >= 15 is 0 Å². The van der Waals surface area contributed by atoms with Crippen molar-refractivity contribution >= 4 is 16.8 Å². The van der Waals surface area contributed by atoms with Crippen molar-refractivity contribution in [2.75, 3.05) is 0 Å². The molecule has 0 unspecified atom stereocenters. The first kappa shape index (κ1) is 9.77. The number of hydrogen-bond donors (Lipinski definition) is 1. The van der Waals surface area contributed by atoms with Gasteiger partial charge in [0.15, 0.2) is 0 Å². The third-order valence-corrected chi connectivity index (χ3v) is 2.18. The summed E-state index contributed by atoms with van der Waals surface area (Å²) >= 11 is 0. The maximum Gasteiger partial charge on any atom is 0.251 e. The minimum Gasteiger partial charge on any atom is -0.360 e. The van der Waals surface area contributed by atoms with Crippen LogP contribution in [0.5, 0.6) is 0 Å². The van der Waals surface area contributed by atoms with Crippen LogP contribution in [0.3, 0.4) is 0 Å². The number of fused-ring (bicyclic) bond motifs is 1. The Morgan fingerprint density at radius 1 is 1.56 bits per heavy atom. The van der Waals surface area contributed by atoms with E-state index in [4.69, 9.17) is 10.8 Å². The van der Waals surface area contributed by atoms with Gasteiger partial charge in [0.2, 0.25) is 0 Å². The van der Waals surface area contributed by atoms with Crippen molar-refractivity contribution in [3.05, 3.63) is 46.0 Å². The smallest absolute Gasteiger partial charge is 0.251 e. The van der Waals surface area contributed by atoms with Gasteiger partial charge in [-0.1, -0.05) is 0 Å². The zero-order chi connectivity index (χ0) is 11.5. The van der Waals surface area contributed by atoms with Gasteiger partial charge in [0.25, 0.3) is 5.91 Å². The number of amides is 1. The molecule has 0 aliphatic rings. The van der Waals surface area contributed by atoms with E-state index in [0.717, 1.165) is 5.52 Å². The lowest BCUT2D eigenvalue weighted by Crippen LogP contribution is -1.90. The van der Waals surface area contributed by atoms with Crippen LogP contribution in [-0.2, 0) is 0 Å². The van der Waals surface area contributed by atoms with Crippen molar-refractivity contribution < 1.29 is 4.79 Å². The average molecular weight is 211 g/mol. The molecule has 6 nitrogen and oxygen atoms in total. The van der Waals surface area contributed by atoms with Crippen LogP contribution in [-0.4, -0.2) is 10.9 Å². The van der Waals surface area contributed by atoms with Crippen molar-refractivity contribution in [1.82, 2.24) is 4.98 Å². The highest BCUT2D eigenvalue weighted by atomic mass is 16.1. The molecular formula is C10H5N5O. The molecule has 1 aromatic carbocycles. The van der Waals surface area contributed by atoms with Gasteiger partial charge in [-0.3, -0.25) is 4.79 Å². The summed E-state index contributed by atoms with van der Waals surface area (Å²) < 4.78 is 0. The van der Waals surface area contributed by atoms with Crippen LogP contribution in [0.2, 0.25) is 0 Å². The van der Waals surface area contributed by atoms with Crippen molar-refractivity contribution in [2.45, 2.75) is 0 Å². The van der Waals surface area contributed by atoms with E-state index in [-0.39, 0.29) is 5.56 Å². The molecule has 0 aliphatic carbocycles. The van der Waals surface area contributed by atoms with Gasteiger partial charge in [0.1, 0.15) is 0 Å². The molecule has 2 aromatic rings. The van der Waals surface area contributed by atoms with Crippen LogP contribution in [0.15, 0.2) is 29.5 Å². The predicted molar refractivity (Wildman–Crippen MR) is 56.5 cm³/mol. The summed E-state index contributed by atoms with van der Waals surface area (Å²) in [4.78, 5) is 16.7. The van der Waals surface area contributed by atoms with Crippen LogP contribution in [0.1, 0.15) is 15.9 Å². The summed E-state index contributed by atoms with van der Waals surface area (Å²) in [6.45, 7) is 0. The number of aromatic nitrogens is 1. The molecule has 6 heteroatoms. The molecule has 1 heterocycles. The number of carbonyl (C=O) groups excluding carboxylic acids is 1. The fourth-order valence-electron chi connectivity index (χ4n) is 1.46. The van der Waals surface area contributed by atoms with E-state index in [0.29, 0.717) is 10.9 Å². The van der Waals surface area contributed by atoms with Crippen LogP contribution in [0.25, 0.3) is 21.3 Å². The molecule has 1 aromatic heterocycles. The first-order chi connectivity index (χ1) is 7.76. The normalized spacial score (nSPS) is 9.44. The zero-order valence-electron chi connectivity index (χ0n) is 8.01. The van der Waals surface area contributed by atoms with E-state index in [9.17, 15) is 4.79 Å². The highest BCUT2D eigenvalue weighted by Gasteiger charge is 2.10. The predicted octanol–water partition coefficient (Wildman–Crippen LogP) is 2.49. The SMILES string of the molecule is N#Cc1ccc2[nH]cc(C(=O)N=[N+]=[N-])c2c1. The lowest BCUT2D eigenvalue weighted by molar-refractivity contribution is 0.100.